The molecular formula is C36H41N7O8. The van der Waals surface area contributed by atoms with Crippen LogP contribution in [0.1, 0.15) is 54.4 Å². The van der Waals surface area contributed by atoms with Crippen molar-refractivity contribution in [2.24, 2.45) is 0 Å². The highest BCUT2D eigenvalue weighted by Gasteiger charge is 2.43. The number of carbonyl (C=O) groups excluding carboxylic acids is 5. The van der Waals surface area contributed by atoms with Gasteiger partial charge in [0.05, 0.1) is 18.9 Å². The van der Waals surface area contributed by atoms with Crippen molar-refractivity contribution in [2.75, 3.05) is 20.2 Å². The smallest absolute Gasteiger partial charge is 0.326 e. The molecule has 2 aliphatic rings. The third kappa shape index (κ3) is 9.59. The fourth-order valence-corrected chi connectivity index (χ4v) is 6.10. The van der Waals surface area contributed by atoms with E-state index in [1.54, 1.807) is 30.3 Å². The van der Waals surface area contributed by atoms with Gasteiger partial charge in [-0.3, -0.25) is 24.0 Å². The third-order valence-electron chi connectivity index (χ3n) is 8.76. The van der Waals surface area contributed by atoms with Crippen LogP contribution in [0.2, 0.25) is 0 Å². The van der Waals surface area contributed by atoms with E-state index in [0.717, 1.165) is 5.56 Å². The first-order valence-electron chi connectivity index (χ1n) is 16.8. The van der Waals surface area contributed by atoms with Gasteiger partial charge in [-0.05, 0) is 55.9 Å². The van der Waals surface area contributed by atoms with Crippen LogP contribution in [0.25, 0.3) is 11.8 Å². The molecule has 3 heterocycles. The summed E-state index contributed by atoms with van der Waals surface area (Å²) in [6, 6.07) is 12.0. The number of fused-ring (bicyclic) bond motifs is 1. The monoisotopic (exact) mass is 699 g/mol. The molecule has 3 aromatic rings. The van der Waals surface area contributed by atoms with Crippen molar-refractivity contribution < 1.29 is 38.6 Å². The number of amides is 5. The highest BCUT2D eigenvalue weighted by atomic mass is 16.5. The minimum Gasteiger partial charge on any atom is -0.494 e. The van der Waals surface area contributed by atoms with Crippen LogP contribution in [0.4, 0.5) is 0 Å². The molecule has 0 saturated carbocycles. The Bertz CT molecular complexity index is 1780. The van der Waals surface area contributed by atoms with Gasteiger partial charge in [-0.2, -0.15) is 5.10 Å². The number of carboxylic acid groups (broad SMARTS) is 1. The maximum Gasteiger partial charge on any atom is 0.326 e. The van der Waals surface area contributed by atoms with Gasteiger partial charge in [0.2, 0.25) is 23.6 Å². The number of carboxylic acids is 1. The number of para-hydroxylation sites is 2. The van der Waals surface area contributed by atoms with Gasteiger partial charge in [0.15, 0.2) is 0 Å². The molecule has 5 N–H and O–H groups in total. The lowest BCUT2D eigenvalue weighted by molar-refractivity contribution is -0.144. The topological polar surface area (TPSA) is 201 Å². The van der Waals surface area contributed by atoms with E-state index >= 15 is 0 Å². The predicted octanol–water partition coefficient (Wildman–Crippen LogP) is 1.43. The predicted molar refractivity (Wildman–Crippen MR) is 185 cm³/mol. The van der Waals surface area contributed by atoms with Crippen LogP contribution in [0, 0.1) is 0 Å². The van der Waals surface area contributed by atoms with Crippen molar-refractivity contribution in [3.05, 3.63) is 84.2 Å². The SMILES string of the molecule is COc1ccccc1-n1cc(C(=O)N[C@H]2CCCCNC(=O)CC[C@@H](C(=O)O)NC(=O)[C@@H]3C[C@@H](NC(=O)/C=C/c4ccccc4)CN3C2=O)cn1. The van der Waals surface area contributed by atoms with E-state index in [-0.39, 0.29) is 50.2 Å². The molecule has 1 aromatic heterocycles. The number of hydrogen-bond donors (Lipinski definition) is 5. The molecule has 0 spiro atoms. The van der Waals surface area contributed by atoms with Gasteiger partial charge in [-0.25, -0.2) is 9.48 Å². The molecule has 268 valence electrons. The van der Waals surface area contributed by atoms with Crippen LogP contribution in [-0.2, 0) is 24.0 Å². The van der Waals surface area contributed by atoms with Crippen molar-refractivity contribution in [1.29, 1.82) is 0 Å². The summed E-state index contributed by atoms with van der Waals surface area (Å²) in [6.45, 7) is 0.220. The Kier molecular flexibility index (Phi) is 12.2. The number of methoxy groups -OCH3 is 1. The second-order valence-corrected chi connectivity index (χ2v) is 12.3. The summed E-state index contributed by atoms with van der Waals surface area (Å²) >= 11 is 0. The lowest BCUT2D eigenvalue weighted by Crippen LogP contribution is -2.55. The quantitative estimate of drug-likeness (QED) is 0.216. The Morgan fingerprint density at radius 2 is 1.76 bits per heavy atom. The second-order valence-electron chi connectivity index (χ2n) is 12.3. The van der Waals surface area contributed by atoms with E-state index in [0.29, 0.717) is 24.3 Å². The van der Waals surface area contributed by atoms with Crippen molar-refractivity contribution in [2.45, 2.75) is 62.7 Å². The molecule has 2 aliphatic heterocycles. The number of benzene rings is 2. The minimum absolute atomic E-state index is 0.00165. The second kappa shape index (κ2) is 17.1. The van der Waals surface area contributed by atoms with Gasteiger partial charge >= 0.3 is 5.97 Å². The third-order valence-corrected chi connectivity index (χ3v) is 8.76. The number of rotatable bonds is 8. The first-order valence-corrected chi connectivity index (χ1v) is 16.8. The summed E-state index contributed by atoms with van der Waals surface area (Å²) in [5, 5.41) is 25.0. The molecule has 0 aliphatic carbocycles. The summed E-state index contributed by atoms with van der Waals surface area (Å²) in [5.41, 5.74) is 1.58. The molecule has 0 unspecified atom stereocenters. The van der Waals surface area contributed by atoms with Crippen molar-refractivity contribution in [3.63, 3.8) is 0 Å². The Labute approximate surface area is 294 Å². The van der Waals surface area contributed by atoms with E-state index in [1.807, 2.05) is 30.3 Å². The average Bonchev–Trinajstić information content (AvgIpc) is 3.80. The Morgan fingerprint density at radius 1 is 1.00 bits per heavy atom. The fraction of sp³-hybridized carbons (Fsp3) is 0.361. The van der Waals surface area contributed by atoms with Crippen LogP contribution in [0.3, 0.4) is 0 Å². The van der Waals surface area contributed by atoms with Gasteiger partial charge in [-0.15, -0.1) is 0 Å². The number of nitrogens with zero attached hydrogens (tertiary/aromatic N) is 3. The summed E-state index contributed by atoms with van der Waals surface area (Å²) in [7, 11) is 1.52. The van der Waals surface area contributed by atoms with Crippen molar-refractivity contribution in [3.8, 4) is 11.4 Å². The summed E-state index contributed by atoms with van der Waals surface area (Å²) in [5.74, 6) is -3.49. The zero-order chi connectivity index (χ0) is 36.3. The minimum atomic E-state index is -1.39. The average molecular weight is 700 g/mol. The number of carbonyl (C=O) groups is 6. The van der Waals surface area contributed by atoms with Gasteiger partial charge in [0, 0.05) is 37.8 Å². The highest BCUT2D eigenvalue weighted by molar-refractivity contribution is 5.99. The molecule has 51 heavy (non-hydrogen) atoms. The standard InChI is InChI=1S/C36H41N7O8/c1-51-30-13-6-5-12-28(30)43-21-24(20-38-43)33(46)40-26-11-7-8-18-37-31(44)17-15-27(36(49)50)41-34(47)29-19-25(22-42(29)35(26)48)39-32(45)16-14-23-9-3-2-4-10-23/h2-6,9-10,12-14,16,20-21,25-27,29H,7-8,11,15,17-19,22H2,1H3,(H,37,44)(H,39,45)(H,40,46)(H,41,47)(H,49,50)/b16-14+/t25-,26+,27+,29+/m1/s1. The van der Waals surface area contributed by atoms with Crippen LogP contribution in [0.15, 0.2) is 73.1 Å². The van der Waals surface area contributed by atoms with E-state index < -0.39 is 53.8 Å². The molecule has 5 amide bonds. The van der Waals surface area contributed by atoms with Crippen LogP contribution >= 0.6 is 0 Å². The zero-order valence-corrected chi connectivity index (χ0v) is 28.1. The molecule has 15 nitrogen and oxygen atoms in total. The number of aromatic nitrogens is 2. The molecular weight excluding hydrogens is 658 g/mol. The first-order chi connectivity index (χ1) is 24.6. The molecule has 2 fully saturated rings. The number of nitrogens with one attached hydrogen (secondary N) is 4. The Morgan fingerprint density at radius 3 is 2.53 bits per heavy atom. The molecule has 2 saturated heterocycles. The van der Waals surface area contributed by atoms with E-state index in [9.17, 15) is 33.9 Å². The molecule has 2 aromatic carbocycles. The Balaban J connectivity index is 1.38. The summed E-state index contributed by atoms with van der Waals surface area (Å²) < 4.78 is 6.89. The number of ether oxygens (including phenoxy) is 1. The lowest BCUT2D eigenvalue weighted by Gasteiger charge is -2.29. The molecule has 0 bridgehead atoms. The molecule has 4 atom stereocenters. The molecule has 0 radical (unpaired) electrons. The van der Waals surface area contributed by atoms with Crippen LogP contribution in [0.5, 0.6) is 5.75 Å². The Hall–Kier alpha value is -5.99. The van der Waals surface area contributed by atoms with Gasteiger partial charge in [0.1, 0.15) is 29.6 Å². The highest BCUT2D eigenvalue weighted by Crippen LogP contribution is 2.24. The van der Waals surface area contributed by atoms with Crippen molar-refractivity contribution >= 4 is 41.6 Å². The van der Waals surface area contributed by atoms with Gasteiger partial charge in [-0.1, -0.05) is 42.5 Å². The van der Waals surface area contributed by atoms with Crippen LogP contribution in [-0.4, -0.2) is 99.7 Å². The lowest BCUT2D eigenvalue weighted by atomic mass is 10.1. The maximum atomic E-state index is 14.3. The zero-order valence-electron chi connectivity index (χ0n) is 28.1. The van der Waals surface area contributed by atoms with E-state index in [2.05, 4.69) is 26.4 Å². The number of hydrogen-bond acceptors (Lipinski definition) is 8. The normalized spacial score (nSPS) is 21.8. The van der Waals surface area contributed by atoms with Gasteiger partial charge in [0.25, 0.3) is 5.91 Å². The first kappa shape index (κ1) is 36.3. The fourth-order valence-electron chi connectivity index (χ4n) is 6.10. The number of aliphatic carboxylic acids is 1. The molecule has 5 rings (SSSR count). The van der Waals surface area contributed by atoms with E-state index in [4.69, 9.17) is 4.74 Å². The van der Waals surface area contributed by atoms with E-state index in [1.165, 1.54) is 35.2 Å². The summed E-state index contributed by atoms with van der Waals surface area (Å²) in [4.78, 5) is 80.1. The summed E-state index contributed by atoms with van der Waals surface area (Å²) in [6.07, 6.45) is 6.67. The van der Waals surface area contributed by atoms with Crippen molar-refractivity contribution in [1.82, 2.24) is 35.9 Å². The maximum absolute atomic E-state index is 14.3. The molecule has 15 heteroatoms. The van der Waals surface area contributed by atoms with Crippen LogP contribution < -0.4 is 26.0 Å². The largest absolute Gasteiger partial charge is 0.494 e. The van der Waals surface area contributed by atoms with Gasteiger partial charge < -0.3 is 36.0 Å².